The molecule has 0 radical (unpaired) electrons. The maximum Gasteiger partial charge on any atom is 0.127 e. The van der Waals surface area contributed by atoms with Crippen LogP contribution in [0.3, 0.4) is 0 Å². The number of thiophene rings is 1. The molecule has 0 saturated carbocycles. The van der Waals surface area contributed by atoms with E-state index in [1.54, 1.807) is 18.4 Å². The number of oxime groups is 1. The Hall–Kier alpha value is -2.13. The first-order chi connectivity index (χ1) is 9.78. The minimum absolute atomic E-state index is 0.883. The molecule has 3 aromatic rings. The van der Waals surface area contributed by atoms with Crippen LogP contribution < -0.4 is 0 Å². The monoisotopic (exact) mass is 281 g/mol. The molecule has 0 aliphatic carbocycles. The Kier molecular flexibility index (Phi) is 3.52. The van der Waals surface area contributed by atoms with E-state index in [2.05, 4.69) is 66.7 Å². The summed E-state index contributed by atoms with van der Waals surface area (Å²) in [5.74, 6) is 0. The Bertz CT molecular complexity index is 723. The van der Waals surface area contributed by atoms with Gasteiger partial charge in [-0.1, -0.05) is 53.2 Å². The van der Waals surface area contributed by atoms with Gasteiger partial charge >= 0.3 is 0 Å². The number of rotatable bonds is 3. The summed E-state index contributed by atoms with van der Waals surface area (Å²) in [6.07, 6.45) is 0. The normalized spacial score (nSPS) is 11.8. The predicted octanol–water partition coefficient (Wildman–Crippen LogP) is 4.61. The van der Waals surface area contributed by atoms with E-state index in [-0.39, 0.29) is 0 Å². The van der Waals surface area contributed by atoms with Gasteiger partial charge in [-0.15, -0.1) is 11.3 Å². The van der Waals surface area contributed by atoms with Gasteiger partial charge in [-0.05, 0) is 24.4 Å². The number of nitrogens with zero attached hydrogens (tertiary/aromatic N) is 1. The third-order valence-electron chi connectivity index (χ3n) is 3.17. The summed E-state index contributed by atoms with van der Waals surface area (Å²) in [5.41, 5.74) is 3.19. The minimum Gasteiger partial charge on any atom is -0.399 e. The zero-order valence-electron chi connectivity index (χ0n) is 11.5. The van der Waals surface area contributed by atoms with Gasteiger partial charge in [0.1, 0.15) is 12.8 Å². The molecular weight excluding hydrogens is 266 g/mol. The van der Waals surface area contributed by atoms with Crippen molar-refractivity contribution >= 4 is 27.1 Å². The van der Waals surface area contributed by atoms with Gasteiger partial charge in [-0.2, -0.15) is 0 Å². The van der Waals surface area contributed by atoms with Crippen molar-refractivity contribution in [2.75, 3.05) is 7.11 Å². The van der Waals surface area contributed by atoms with Crippen LogP contribution in [-0.4, -0.2) is 12.8 Å². The average Bonchev–Trinajstić information content (AvgIpc) is 2.89. The van der Waals surface area contributed by atoms with Crippen molar-refractivity contribution < 1.29 is 4.84 Å². The second-order valence-electron chi connectivity index (χ2n) is 4.64. The molecule has 0 N–H and O–H groups in total. The Labute approximate surface area is 122 Å². The zero-order valence-corrected chi connectivity index (χ0v) is 12.3. The topological polar surface area (TPSA) is 21.6 Å². The molecule has 0 atom stereocenters. The van der Waals surface area contributed by atoms with Crippen LogP contribution in [0.4, 0.5) is 0 Å². The Morgan fingerprint density at radius 3 is 2.50 bits per heavy atom. The van der Waals surface area contributed by atoms with Gasteiger partial charge in [0.25, 0.3) is 0 Å². The molecule has 2 nitrogen and oxygen atoms in total. The highest BCUT2D eigenvalue weighted by Crippen LogP contribution is 2.27. The quantitative estimate of drug-likeness (QED) is 0.507. The van der Waals surface area contributed by atoms with Crippen molar-refractivity contribution in [2.45, 2.75) is 6.92 Å². The van der Waals surface area contributed by atoms with Crippen molar-refractivity contribution in [1.29, 1.82) is 0 Å². The van der Waals surface area contributed by atoms with E-state index in [1.807, 2.05) is 0 Å². The molecule has 0 saturated heterocycles. The Morgan fingerprint density at radius 1 is 1.05 bits per heavy atom. The van der Waals surface area contributed by atoms with E-state index in [1.165, 1.54) is 15.6 Å². The maximum absolute atomic E-state index is 5.03. The van der Waals surface area contributed by atoms with Crippen LogP contribution in [-0.2, 0) is 4.84 Å². The molecule has 1 aromatic heterocycles. The molecule has 1 heterocycles. The lowest BCUT2D eigenvalue weighted by molar-refractivity contribution is 0.214. The van der Waals surface area contributed by atoms with Gasteiger partial charge < -0.3 is 4.84 Å². The van der Waals surface area contributed by atoms with Crippen LogP contribution in [0.15, 0.2) is 59.8 Å². The SMILES string of the molecule is CON=C(c1ccc(C)cc1)c1cc2ccccc2s1. The van der Waals surface area contributed by atoms with Gasteiger partial charge in [0.2, 0.25) is 0 Å². The highest BCUT2D eigenvalue weighted by molar-refractivity contribution is 7.21. The van der Waals surface area contributed by atoms with Gasteiger partial charge in [-0.3, -0.25) is 0 Å². The van der Waals surface area contributed by atoms with Crippen LogP contribution >= 0.6 is 11.3 Å². The maximum atomic E-state index is 5.03. The molecule has 0 amide bonds. The first kappa shape index (κ1) is 12.9. The molecule has 2 aromatic carbocycles. The summed E-state index contributed by atoms with van der Waals surface area (Å²) in [7, 11) is 1.58. The number of fused-ring (bicyclic) bond motifs is 1. The lowest BCUT2D eigenvalue weighted by Gasteiger charge is -2.03. The zero-order chi connectivity index (χ0) is 13.9. The largest absolute Gasteiger partial charge is 0.399 e. The van der Waals surface area contributed by atoms with Crippen LogP contribution in [0.5, 0.6) is 0 Å². The summed E-state index contributed by atoms with van der Waals surface area (Å²) in [6.45, 7) is 2.08. The molecular formula is C17H15NOS. The fourth-order valence-electron chi connectivity index (χ4n) is 2.14. The van der Waals surface area contributed by atoms with Crippen molar-refractivity contribution in [3.63, 3.8) is 0 Å². The van der Waals surface area contributed by atoms with Gasteiger partial charge in [0.15, 0.2) is 0 Å². The van der Waals surface area contributed by atoms with E-state index in [4.69, 9.17) is 4.84 Å². The molecule has 0 bridgehead atoms. The van der Waals surface area contributed by atoms with Crippen molar-refractivity contribution in [2.24, 2.45) is 5.16 Å². The van der Waals surface area contributed by atoms with Crippen LogP contribution in [0.2, 0.25) is 0 Å². The standard InChI is InChI=1S/C17H15NOS/c1-12-7-9-13(10-8-12)17(18-19-2)16-11-14-5-3-4-6-15(14)20-16/h3-11H,1-2H3. The minimum atomic E-state index is 0.883. The van der Waals surface area contributed by atoms with E-state index >= 15 is 0 Å². The number of aryl methyl sites for hydroxylation is 1. The van der Waals surface area contributed by atoms with Crippen molar-refractivity contribution in [3.05, 3.63) is 70.6 Å². The summed E-state index contributed by atoms with van der Waals surface area (Å²) in [4.78, 5) is 6.16. The van der Waals surface area contributed by atoms with Crippen molar-refractivity contribution in [1.82, 2.24) is 0 Å². The van der Waals surface area contributed by atoms with Crippen LogP contribution in [0, 0.1) is 6.92 Å². The lowest BCUT2D eigenvalue weighted by Crippen LogP contribution is -2.01. The Morgan fingerprint density at radius 2 is 1.80 bits per heavy atom. The van der Waals surface area contributed by atoms with Crippen molar-refractivity contribution in [3.8, 4) is 0 Å². The Balaban J connectivity index is 2.11. The fraction of sp³-hybridized carbons (Fsp3) is 0.118. The van der Waals surface area contributed by atoms with E-state index in [0.717, 1.165) is 16.2 Å². The number of benzene rings is 2. The summed E-state index contributed by atoms with van der Waals surface area (Å²) < 4.78 is 1.26. The summed E-state index contributed by atoms with van der Waals surface area (Å²) in [5, 5.41) is 5.46. The molecule has 0 fully saturated rings. The second kappa shape index (κ2) is 5.47. The van der Waals surface area contributed by atoms with E-state index in [0.29, 0.717) is 0 Å². The second-order valence-corrected chi connectivity index (χ2v) is 5.72. The highest BCUT2D eigenvalue weighted by atomic mass is 32.1. The van der Waals surface area contributed by atoms with E-state index in [9.17, 15) is 0 Å². The lowest BCUT2D eigenvalue weighted by atomic mass is 10.1. The number of hydrogen-bond donors (Lipinski definition) is 0. The molecule has 0 spiro atoms. The van der Waals surface area contributed by atoms with Gasteiger partial charge in [-0.25, -0.2) is 0 Å². The fourth-order valence-corrected chi connectivity index (χ4v) is 3.21. The molecule has 3 heteroatoms. The molecule has 3 rings (SSSR count). The predicted molar refractivity (Wildman–Crippen MR) is 85.7 cm³/mol. The smallest absolute Gasteiger partial charge is 0.127 e. The molecule has 0 aliphatic rings. The molecule has 20 heavy (non-hydrogen) atoms. The molecule has 0 unspecified atom stereocenters. The average molecular weight is 281 g/mol. The molecule has 100 valence electrons. The summed E-state index contributed by atoms with van der Waals surface area (Å²) in [6, 6.07) is 18.9. The van der Waals surface area contributed by atoms with Crippen LogP contribution in [0.1, 0.15) is 16.0 Å². The third-order valence-corrected chi connectivity index (χ3v) is 4.29. The number of hydrogen-bond acceptors (Lipinski definition) is 3. The van der Waals surface area contributed by atoms with E-state index < -0.39 is 0 Å². The highest BCUT2D eigenvalue weighted by Gasteiger charge is 2.11. The van der Waals surface area contributed by atoms with Gasteiger partial charge in [0.05, 0.1) is 4.88 Å². The molecule has 0 aliphatic heterocycles. The van der Waals surface area contributed by atoms with Gasteiger partial charge in [0, 0.05) is 10.3 Å². The summed E-state index contributed by atoms with van der Waals surface area (Å²) >= 11 is 1.73. The first-order valence-corrected chi connectivity index (χ1v) is 7.27. The van der Waals surface area contributed by atoms with Crippen LogP contribution in [0.25, 0.3) is 10.1 Å². The first-order valence-electron chi connectivity index (χ1n) is 6.45. The third kappa shape index (κ3) is 2.45.